The number of alkyl halides is 2. The molecule has 0 bridgehead atoms. The van der Waals surface area contributed by atoms with E-state index in [1.165, 1.54) is 10.6 Å². The Morgan fingerprint density at radius 1 is 1.45 bits per heavy atom. The first kappa shape index (κ1) is 18.2. The number of nitrogens with two attached hydrogens (primary N) is 1. The van der Waals surface area contributed by atoms with Gasteiger partial charge in [0.25, 0.3) is 6.43 Å². The van der Waals surface area contributed by atoms with Gasteiger partial charge in [0, 0.05) is 11.4 Å². The average Bonchev–Trinajstić information content (AvgIpc) is 2.76. The summed E-state index contributed by atoms with van der Waals surface area (Å²) in [6.07, 6.45) is 0.175. The molecule has 22 heavy (non-hydrogen) atoms. The molecule has 1 rings (SSSR count). The Balaban J connectivity index is 3.41. The van der Waals surface area contributed by atoms with Crippen molar-refractivity contribution in [1.82, 2.24) is 9.55 Å². The predicted octanol–water partition coefficient (Wildman–Crippen LogP) is 4.26. The quantitative estimate of drug-likeness (QED) is 0.581. The number of nitrogens with one attached hydrogen (secondary N) is 1. The number of hydrogen-bond acceptors (Lipinski definition) is 3. The van der Waals surface area contributed by atoms with Gasteiger partial charge in [0.15, 0.2) is 5.82 Å². The molecular formula is C15H20F2N4S. The Labute approximate surface area is 133 Å². The summed E-state index contributed by atoms with van der Waals surface area (Å²) >= 11 is 1.55. The fourth-order valence-electron chi connectivity index (χ4n) is 1.85. The summed E-state index contributed by atoms with van der Waals surface area (Å²) in [6.45, 7) is 13.1. The van der Waals surface area contributed by atoms with E-state index in [1.807, 2.05) is 20.8 Å². The van der Waals surface area contributed by atoms with E-state index in [0.29, 0.717) is 0 Å². The number of halogens is 2. The molecule has 0 radical (unpaired) electrons. The molecule has 0 spiro atoms. The zero-order chi connectivity index (χ0) is 17.0. The van der Waals surface area contributed by atoms with Crippen molar-refractivity contribution in [3.8, 4) is 0 Å². The molecule has 0 aliphatic rings. The van der Waals surface area contributed by atoms with Crippen molar-refractivity contribution >= 4 is 29.9 Å². The molecule has 1 aromatic rings. The third kappa shape index (κ3) is 4.07. The van der Waals surface area contributed by atoms with Crippen molar-refractivity contribution in [2.75, 3.05) is 0 Å². The van der Waals surface area contributed by atoms with Crippen LogP contribution in [0, 0.1) is 5.41 Å². The molecule has 3 N–H and O–H groups in total. The lowest BCUT2D eigenvalue weighted by molar-refractivity contribution is 0.139. The monoisotopic (exact) mass is 326 g/mol. The molecule has 1 unspecified atom stereocenters. The van der Waals surface area contributed by atoms with Gasteiger partial charge in [-0.2, -0.15) is 0 Å². The lowest BCUT2D eigenvalue weighted by Gasteiger charge is -2.13. The predicted molar refractivity (Wildman–Crippen MR) is 90.1 cm³/mol. The molecule has 4 nitrogen and oxygen atoms in total. The van der Waals surface area contributed by atoms with E-state index >= 15 is 0 Å². The standard InChI is InChI=1S/C15H20F2N4S/c1-6-11-12(14(18)19)20-15(13(16)17)21(11)7-9(4)10(5)22-8(2)3/h6-7,10,13H,1-2H2,3-5H3,(H3,18,19)/b9-7+. The van der Waals surface area contributed by atoms with Crippen molar-refractivity contribution in [1.29, 1.82) is 5.41 Å². The highest BCUT2D eigenvalue weighted by Gasteiger charge is 2.22. The number of aromatic nitrogens is 2. The van der Waals surface area contributed by atoms with E-state index in [9.17, 15) is 8.78 Å². The number of thioether (sulfide) groups is 1. The second-order valence-corrected chi connectivity index (χ2v) is 6.47. The van der Waals surface area contributed by atoms with Crippen LogP contribution in [-0.2, 0) is 0 Å². The molecule has 0 aliphatic heterocycles. The van der Waals surface area contributed by atoms with E-state index in [-0.39, 0.29) is 22.5 Å². The molecular weight excluding hydrogens is 306 g/mol. The van der Waals surface area contributed by atoms with Gasteiger partial charge in [-0.05, 0) is 37.3 Å². The van der Waals surface area contributed by atoms with Gasteiger partial charge in [0.2, 0.25) is 0 Å². The molecule has 7 heteroatoms. The number of imidazole rings is 1. The summed E-state index contributed by atoms with van der Waals surface area (Å²) in [5.41, 5.74) is 6.57. The normalized spacial score (nSPS) is 13.3. The maximum absolute atomic E-state index is 13.2. The van der Waals surface area contributed by atoms with Crippen LogP contribution in [0.4, 0.5) is 8.78 Å². The van der Waals surface area contributed by atoms with Gasteiger partial charge in [-0.3, -0.25) is 9.98 Å². The minimum absolute atomic E-state index is 0.00885. The molecule has 120 valence electrons. The number of rotatable bonds is 7. The molecule has 0 fully saturated rings. The number of nitrogens with zero attached hydrogens (tertiary/aromatic N) is 2. The second kappa shape index (κ2) is 7.40. The van der Waals surface area contributed by atoms with E-state index in [0.717, 1.165) is 10.5 Å². The first-order chi connectivity index (χ1) is 10.2. The maximum atomic E-state index is 13.2. The van der Waals surface area contributed by atoms with Crippen LogP contribution in [0.3, 0.4) is 0 Å². The van der Waals surface area contributed by atoms with Crippen LogP contribution in [-0.4, -0.2) is 20.6 Å². The van der Waals surface area contributed by atoms with Gasteiger partial charge in [-0.1, -0.05) is 13.2 Å². The van der Waals surface area contributed by atoms with E-state index in [1.54, 1.807) is 18.0 Å². The Morgan fingerprint density at radius 3 is 2.45 bits per heavy atom. The maximum Gasteiger partial charge on any atom is 0.295 e. The average molecular weight is 326 g/mol. The Morgan fingerprint density at radius 2 is 2.05 bits per heavy atom. The summed E-state index contributed by atoms with van der Waals surface area (Å²) in [4.78, 5) is 4.71. The van der Waals surface area contributed by atoms with Crippen molar-refractivity contribution in [2.45, 2.75) is 32.4 Å². The van der Waals surface area contributed by atoms with Gasteiger partial charge in [-0.15, -0.1) is 11.8 Å². The van der Waals surface area contributed by atoms with Gasteiger partial charge >= 0.3 is 0 Å². The highest BCUT2D eigenvalue weighted by molar-refractivity contribution is 8.03. The van der Waals surface area contributed by atoms with Crippen LogP contribution in [0.25, 0.3) is 12.3 Å². The molecule has 1 heterocycles. The van der Waals surface area contributed by atoms with Crippen LogP contribution in [0.1, 0.15) is 44.4 Å². The fourth-order valence-corrected chi connectivity index (χ4v) is 2.70. The lowest BCUT2D eigenvalue weighted by atomic mass is 10.2. The first-order valence-electron chi connectivity index (χ1n) is 6.56. The van der Waals surface area contributed by atoms with Gasteiger partial charge in [0.05, 0.1) is 5.69 Å². The van der Waals surface area contributed by atoms with Crippen molar-refractivity contribution in [3.05, 3.63) is 40.8 Å². The third-order valence-electron chi connectivity index (χ3n) is 2.97. The zero-order valence-corrected chi connectivity index (χ0v) is 13.7. The number of hydrogen-bond donors (Lipinski definition) is 2. The zero-order valence-electron chi connectivity index (χ0n) is 12.9. The SMILES string of the molecule is C=Cc1c(C(=N)N)nc(C(F)F)n1/C=C(\C)C(C)SC(=C)C. The van der Waals surface area contributed by atoms with Gasteiger partial charge in [0.1, 0.15) is 11.5 Å². The molecule has 0 saturated heterocycles. The van der Waals surface area contributed by atoms with Crippen LogP contribution < -0.4 is 5.73 Å². The number of amidine groups is 1. The lowest BCUT2D eigenvalue weighted by Crippen LogP contribution is -2.13. The van der Waals surface area contributed by atoms with E-state index in [4.69, 9.17) is 11.1 Å². The smallest absolute Gasteiger partial charge is 0.295 e. The van der Waals surface area contributed by atoms with Crippen LogP contribution >= 0.6 is 11.8 Å². The van der Waals surface area contributed by atoms with E-state index in [2.05, 4.69) is 18.1 Å². The minimum Gasteiger partial charge on any atom is -0.382 e. The minimum atomic E-state index is -2.78. The van der Waals surface area contributed by atoms with E-state index < -0.39 is 12.2 Å². The van der Waals surface area contributed by atoms with Crippen molar-refractivity contribution in [3.63, 3.8) is 0 Å². The van der Waals surface area contributed by atoms with Crippen molar-refractivity contribution < 1.29 is 8.78 Å². The third-order valence-corrected chi connectivity index (χ3v) is 4.10. The van der Waals surface area contributed by atoms with Crippen LogP contribution in [0.15, 0.2) is 23.6 Å². The van der Waals surface area contributed by atoms with Gasteiger partial charge < -0.3 is 5.73 Å². The summed E-state index contributed by atoms with van der Waals surface area (Å²) < 4.78 is 27.7. The Hall–Kier alpha value is -1.89. The highest BCUT2D eigenvalue weighted by atomic mass is 32.2. The summed E-state index contributed by atoms with van der Waals surface area (Å²) in [5, 5.41) is 7.54. The van der Waals surface area contributed by atoms with Crippen LogP contribution in [0.5, 0.6) is 0 Å². The first-order valence-corrected chi connectivity index (χ1v) is 7.44. The number of nitrogen functional groups attached to an aromatic ring is 1. The molecule has 1 atom stereocenters. The molecule has 0 aromatic carbocycles. The topological polar surface area (TPSA) is 67.7 Å². The van der Waals surface area contributed by atoms with Gasteiger partial charge in [-0.25, -0.2) is 13.8 Å². The fraction of sp³-hybridized carbons (Fsp3) is 0.333. The molecule has 1 aromatic heterocycles. The van der Waals surface area contributed by atoms with Crippen molar-refractivity contribution in [2.24, 2.45) is 5.73 Å². The second-order valence-electron chi connectivity index (χ2n) is 4.83. The summed E-state index contributed by atoms with van der Waals surface area (Å²) in [5.74, 6) is -0.821. The molecule has 0 aliphatic carbocycles. The molecule has 0 saturated carbocycles. The van der Waals surface area contributed by atoms with Crippen LogP contribution in [0.2, 0.25) is 0 Å². The largest absolute Gasteiger partial charge is 0.382 e. The number of allylic oxidation sites excluding steroid dienone is 1. The summed E-state index contributed by atoms with van der Waals surface area (Å²) in [6, 6.07) is 0. The molecule has 0 amide bonds. The Bertz CT molecular complexity index is 632. The highest BCUT2D eigenvalue weighted by Crippen LogP contribution is 2.28. The summed E-state index contributed by atoms with van der Waals surface area (Å²) in [7, 11) is 0. The Kier molecular flexibility index (Phi) is 6.11.